The maximum Gasteiger partial charge on any atom is 0.261 e. The first-order valence-corrected chi connectivity index (χ1v) is 7.02. The molecule has 100 valence electrons. The van der Waals surface area contributed by atoms with Crippen molar-refractivity contribution in [3.63, 3.8) is 0 Å². The highest BCUT2D eigenvalue weighted by molar-refractivity contribution is 7.92. The Balaban J connectivity index is 2.36. The Bertz CT molecular complexity index is 670. The van der Waals surface area contributed by atoms with Crippen molar-refractivity contribution < 1.29 is 13.2 Å². The van der Waals surface area contributed by atoms with Gasteiger partial charge >= 0.3 is 0 Å². The average molecular weight is 278 g/mol. The molecule has 0 unspecified atom stereocenters. The minimum Gasteiger partial charge on any atom is -0.497 e. The molecule has 3 N–H and O–H groups in total. The van der Waals surface area contributed by atoms with E-state index in [1.165, 1.54) is 25.3 Å². The first-order chi connectivity index (χ1) is 9.03. The summed E-state index contributed by atoms with van der Waals surface area (Å²) in [4.78, 5) is 0.178. The van der Waals surface area contributed by atoms with Crippen molar-refractivity contribution >= 4 is 21.4 Å². The zero-order valence-electron chi connectivity index (χ0n) is 10.3. The Labute approximate surface area is 112 Å². The van der Waals surface area contributed by atoms with Gasteiger partial charge in [0.05, 0.1) is 23.4 Å². The minimum atomic E-state index is -3.65. The fraction of sp³-hybridized carbons (Fsp3) is 0.0769. The fourth-order valence-corrected chi connectivity index (χ4v) is 2.65. The van der Waals surface area contributed by atoms with Crippen molar-refractivity contribution in [2.24, 2.45) is 0 Å². The van der Waals surface area contributed by atoms with E-state index in [1.807, 2.05) is 0 Å². The van der Waals surface area contributed by atoms with Crippen molar-refractivity contribution in [2.75, 3.05) is 17.6 Å². The lowest BCUT2D eigenvalue weighted by Crippen LogP contribution is -2.14. The number of nitrogens with two attached hydrogens (primary N) is 1. The van der Waals surface area contributed by atoms with E-state index in [-0.39, 0.29) is 4.90 Å². The third kappa shape index (κ3) is 2.97. The molecule has 0 aromatic heterocycles. The lowest BCUT2D eigenvalue weighted by atomic mass is 10.2. The number of hydrogen-bond donors (Lipinski definition) is 2. The van der Waals surface area contributed by atoms with Crippen molar-refractivity contribution in [1.29, 1.82) is 0 Å². The summed E-state index contributed by atoms with van der Waals surface area (Å²) in [6.07, 6.45) is 0. The molecule has 0 radical (unpaired) electrons. The van der Waals surface area contributed by atoms with Gasteiger partial charge in [-0.05, 0) is 24.3 Å². The molecule has 0 aliphatic heterocycles. The highest BCUT2D eigenvalue weighted by Gasteiger charge is 2.15. The van der Waals surface area contributed by atoms with Gasteiger partial charge in [-0.1, -0.05) is 18.2 Å². The predicted molar refractivity (Wildman–Crippen MR) is 74.7 cm³/mol. The molecule has 2 rings (SSSR count). The quantitative estimate of drug-likeness (QED) is 0.839. The normalized spacial score (nSPS) is 11.0. The van der Waals surface area contributed by atoms with Crippen molar-refractivity contribution in [3.05, 3.63) is 48.5 Å². The van der Waals surface area contributed by atoms with Gasteiger partial charge in [0.25, 0.3) is 10.0 Å². The molecule has 2 aromatic rings. The molecule has 0 aliphatic rings. The van der Waals surface area contributed by atoms with E-state index in [9.17, 15) is 8.42 Å². The van der Waals surface area contributed by atoms with Gasteiger partial charge in [-0.2, -0.15) is 0 Å². The van der Waals surface area contributed by atoms with Gasteiger partial charge < -0.3 is 10.5 Å². The lowest BCUT2D eigenvalue weighted by molar-refractivity contribution is 0.415. The monoisotopic (exact) mass is 278 g/mol. The molecule has 0 saturated heterocycles. The molecule has 0 heterocycles. The fourth-order valence-electron chi connectivity index (χ4n) is 1.55. The zero-order valence-corrected chi connectivity index (χ0v) is 11.1. The Morgan fingerprint density at radius 3 is 2.42 bits per heavy atom. The van der Waals surface area contributed by atoms with Crippen molar-refractivity contribution in [2.45, 2.75) is 4.90 Å². The summed E-state index contributed by atoms with van der Waals surface area (Å²) in [7, 11) is -2.15. The van der Waals surface area contributed by atoms with E-state index in [2.05, 4.69) is 4.72 Å². The molecule has 0 saturated carbocycles. The van der Waals surface area contributed by atoms with Crippen LogP contribution in [0.2, 0.25) is 0 Å². The Kier molecular flexibility index (Phi) is 3.62. The SMILES string of the molecule is COc1ccc(N)c(NS(=O)(=O)c2ccccc2)c1. The number of nitrogens with one attached hydrogen (secondary N) is 1. The van der Waals surface area contributed by atoms with Gasteiger partial charge in [-0.15, -0.1) is 0 Å². The zero-order chi connectivity index (χ0) is 13.9. The summed E-state index contributed by atoms with van der Waals surface area (Å²) in [6, 6.07) is 12.9. The maximum atomic E-state index is 12.1. The smallest absolute Gasteiger partial charge is 0.261 e. The number of rotatable bonds is 4. The number of anilines is 2. The molecular formula is C13H14N2O3S. The maximum absolute atomic E-state index is 12.1. The van der Waals surface area contributed by atoms with Crippen LogP contribution in [0.4, 0.5) is 11.4 Å². The molecular weight excluding hydrogens is 264 g/mol. The second-order valence-corrected chi connectivity index (χ2v) is 5.55. The van der Waals surface area contributed by atoms with Crippen molar-refractivity contribution in [1.82, 2.24) is 0 Å². The molecule has 0 spiro atoms. The Morgan fingerprint density at radius 2 is 1.79 bits per heavy atom. The number of nitrogen functional groups attached to an aromatic ring is 1. The van der Waals surface area contributed by atoms with Gasteiger partial charge in [0.1, 0.15) is 5.75 Å². The van der Waals surface area contributed by atoms with Crippen LogP contribution < -0.4 is 15.2 Å². The molecule has 2 aromatic carbocycles. The summed E-state index contributed by atoms with van der Waals surface area (Å²) < 4.78 is 31.8. The van der Waals surface area contributed by atoms with E-state index < -0.39 is 10.0 Å². The highest BCUT2D eigenvalue weighted by atomic mass is 32.2. The van der Waals surface area contributed by atoms with Crippen LogP contribution in [-0.2, 0) is 10.0 Å². The summed E-state index contributed by atoms with van der Waals surface area (Å²) in [6.45, 7) is 0. The second-order valence-electron chi connectivity index (χ2n) is 3.87. The molecule has 0 amide bonds. The Morgan fingerprint density at radius 1 is 1.11 bits per heavy atom. The minimum absolute atomic E-state index is 0.178. The molecule has 0 atom stereocenters. The summed E-state index contributed by atoms with van der Waals surface area (Å²) >= 11 is 0. The summed E-state index contributed by atoms with van der Waals surface area (Å²) in [5.41, 5.74) is 6.38. The van der Waals surface area contributed by atoms with Crippen LogP contribution in [0.25, 0.3) is 0 Å². The topological polar surface area (TPSA) is 81.4 Å². The van der Waals surface area contributed by atoms with Crippen LogP contribution in [-0.4, -0.2) is 15.5 Å². The van der Waals surface area contributed by atoms with Crippen LogP contribution >= 0.6 is 0 Å². The molecule has 5 nitrogen and oxygen atoms in total. The molecule has 6 heteroatoms. The number of hydrogen-bond acceptors (Lipinski definition) is 4. The second kappa shape index (κ2) is 5.19. The van der Waals surface area contributed by atoms with Gasteiger partial charge in [-0.3, -0.25) is 4.72 Å². The van der Waals surface area contributed by atoms with Gasteiger partial charge in [0.15, 0.2) is 0 Å². The van der Waals surface area contributed by atoms with Crippen LogP contribution in [0.3, 0.4) is 0 Å². The van der Waals surface area contributed by atoms with E-state index >= 15 is 0 Å². The van der Waals surface area contributed by atoms with Gasteiger partial charge in [0, 0.05) is 6.07 Å². The largest absolute Gasteiger partial charge is 0.497 e. The van der Waals surface area contributed by atoms with E-state index in [1.54, 1.807) is 30.3 Å². The lowest BCUT2D eigenvalue weighted by Gasteiger charge is -2.11. The molecule has 0 fully saturated rings. The number of ether oxygens (including phenoxy) is 1. The standard InChI is InChI=1S/C13H14N2O3S/c1-18-10-7-8-12(14)13(9-10)15-19(16,17)11-5-3-2-4-6-11/h2-9,15H,14H2,1H3. The first-order valence-electron chi connectivity index (χ1n) is 5.54. The highest BCUT2D eigenvalue weighted by Crippen LogP contribution is 2.26. The number of sulfonamides is 1. The van der Waals surface area contributed by atoms with Crippen LogP contribution in [0.15, 0.2) is 53.4 Å². The summed E-state index contributed by atoms with van der Waals surface area (Å²) in [5.74, 6) is 0.528. The first kappa shape index (κ1) is 13.2. The summed E-state index contributed by atoms with van der Waals surface area (Å²) in [5, 5.41) is 0. The van der Waals surface area contributed by atoms with Crippen LogP contribution in [0, 0.1) is 0 Å². The molecule has 0 aliphatic carbocycles. The predicted octanol–water partition coefficient (Wildman–Crippen LogP) is 2.08. The number of benzene rings is 2. The average Bonchev–Trinajstić information content (AvgIpc) is 2.42. The van der Waals surface area contributed by atoms with E-state index in [0.717, 1.165) is 0 Å². The third-order valence-electron chi connectivity index (χ3n) is 2.56. The van der Waals surface area contributed by atoms with E-state index in [0.29, 0.717) is 17.1 Å². The molecule has 0 bridgehead atoms. The third-order valence-corrected chi connectivity index (χ3v) is 3.94. The van der Waals surface area contributed by atoms with Crippen molar-refractivity contribution in [3.8, 4) is 5.75 Å². The Hall–Kier alpha value is -2.21. The number of methoxy groups -OCH3 is 1. The van der Waals surface area contributed by atoms with Gasteiger partial charge in [-0.25, -0.2) is 8.42 Å². The van der Waals surface area contributed by atoms with Gasteiger partial charge in [0.2, 0.25) is 0 Å². The van der Waals surface area contributed by atoms with E-state index in [4.69, 9.17) is 10.5 Å². The molecule has 19 heavy (non-hydrogen) atoms. The van der Waals surface area contributed by atoms with Crippen LogP contribution in [0.1, 0.15) is 0 Å². The van der Waals surface area contributed by atoms with Crippen LogP contribution in [0.5, 0.6) is 5.75 Å².